The van der Waals surface area contributed by atoms with Crippen LogP contribution in [0.25, 0.3) is 0 Å². The molecule has 0 spiro atoms. The highest BCUT2D eigenvalue weighted by Gasteiger charge is 2.44. The first kappa shape index (κ1) is 68.6. The van der Waals surface area contributed by atoms with E-state index in [-0.39, 0.29) is 18.5 Å². The summed E-state index contributed by atoms with van der Waals surface area (Å²) in [4.78, 5) is 25.0. The summed E-state index contributed by atoms with van der Waals surface area (Å²) in [7, 11) is 0. The maximum absolute atomic E-state index is 13.0. The number of amides is 1. The van der Waals surface area contributed by atoms with Gasteiger partial charge in [0.1, 0.15) is 24.4 Å². The Morgan fingerprint density at radius 1 is 0.507 bits per heavy atom. The summed E-state index contributed by atoms with van der Waals surface area (Å²) in [6, 6.07) is -0.814. The Hall–Kier alpha value is -2.38. The monoisotopic (exact) mass is 1030 g/mol. The van der Waals surface area contributed by atoms with Gasteiger partial charge in [-0.3, -0.25) is 9.59 Å². The van der Waals surface area contributed by atoms with Crippen molar-refractivity contribution in [2.75, 3.05) is 19.8 Å². The number of carbonyl (C=O) groups excluding carboxylic acids is 2. The van der Waals surface area contributed by atoms with Crippen molar-refractivity contribution >= 4 is 11.9 Å². The van der Waals surface area contributed by atoms with Crippen LogP contribution in [0.1, 0.15) is 271 Å². The highest BCUT2D eigenvalue weighted by molar-refractivity contribution is 5.76. The second kappa shape index (κ2) is 51.7. The molecule has 6 N–H and O–H groups in total. The summed E-state index contributed by atoms with van der Waals surface area (Å²) >= 11 is 0. The molecule has 0 saturated carbocycles. The van der Waals surface area contributed by atoms with E-state index in [1.807, 2.05) is 6.08 Å². The molecule has 73 heavy (non-hydrogen) atoms. The summed E-state index contributed by atoms with van der Waals surface area (Å²) in [6.07, 6.45) is 55.1. The molecule has 1 saturated heterocycles. The number of ether oxygens (including phenoxy) is 3. The van der Waals surface area contributed by atoms with Crippen molar-refractivity contribution < 1.29 is 49.3 Å². The van der Waals surface area contributed by atoms with Gasteiger partial charge in [-0.25, -0.2) is 0 Å². The molecule has 0 aromatic rings. The number of rotatable bonds is 52. The van der Waals surface area contributed by atoms with Gasteiger partial charge < -0.3 is 45.1 Å². The predicted octanol–water partition coefficient (Wildman–Crippen LogP) is 14.1. The lowest BCUT2D eigenvalue weighted by atomic mass is 9.99. The van der Waals surface area contributed by atoms with E-state index in [4.69, 9.17) is 14.2 Å². The first-order chi connectivity index (χ1) is 35.7. The van der Waals surface area contributed by atoms with E-state index in [9.17, 15) is 35.1 Å². The van der Waals surface area contributed by atoms with Gasteiger partial charge in [0, 0.05) is 12.8 Å². The Kier molecular flexibility index (Phi) is 48.6. The van der Waals surface area contributed by atoms with Crippen LogP contribution in [-0.4, -0.2) is 100 Å². The van der Waals surface area contributed by atoms with Crippen molar-refractivity contribution in [3.05, 3.63) is 48.6 Å². The van der Waals surface area contributed by atoms with Crippen LogP contribution >= 0.6 is 0 Å². The maximum Gasteiger partial charge on any atom is 0.305 e. The summed E-state index contributed by atoms with van der Waals surface area (Å²) < 4.78 is 16.7. The molecule has 0 bridgehead atoms. The average molecular weight is 1030 g/mol. The number of carbonyl (C=O) groups is 2. The van der Waals surface area contributed by atoms with Crippen molar-refractivity contribution in [1.29, 1.82) is 0 Å². The summed E-state index contributed by atoms with van der Waals surface area (Å²) in [5, 5.41) is 54.2. The lowest BCUT2D eigenvalue weighted by molar-refractivity contribution is -0.302. The molecule has 426 valence electrons. The van der Waals surface area contributed by atoms with Crippen LogP contribution in [0.3, 0.4) is 0 Å². The molecule has 0 radical (unpaired) electrons. The molecule has 0 aromatic carbocycles. The van der Waals surface area contributed by atoms with Crippen molar-refractivity contribution in [1.82, 2.24) is 5.32 Å². The number of hydrogen-bond acceptors (Lipinski definition) is 10. The van der Waals surface area contributed by atoms with E-state index in [0.29, 0.717) is 19.4 Å². The van der Waals surface area contributed by atoms with Crippen molar-refractivity contribution in [3.63, 3.8) is 0 Å². The molecule has 11 heteroatoms. The minimum atomic E-state index is -1.57. The number of nitrogens with one attached hydrogen (secondary N) is 1. The Bertz CT molecular complexity index is 1350. The molecule has 7 atom stereocenters. The van der Waals surface area contributed by atoms with Gasteiger partial charge >= 0.3 is 5.97 Å². The van der Waals surface area contributed by atoms with E-state index >= 15 is 0 Å². The Balaban J connectivity index is 2.02. The summed E-state index contributed by atoms with van der Waals surface area (Å²) in [5.41, 5.74) is 0. The molecule has 7 unspecified atom stereocenters. The molecule has 11 nitrogen and oxygen atoms in total. The van der Waals surface area contributed by atoms with Crippen molar-refractivity contribution in [2.24, 2.45) is 0 Å². The lowest BCUT2D eigenvalue weighted by Crippen LogP contribution is -2.60. The second-order valence-corrected chi connectivity index (χ2v) is 21.0. The Morgan fingerprint density at radius 3 is 1.44 bits per heavy atom. The zero-order chi connectivity index (χ0) is 53.1. The van der Waals surface area contributed by atoms with Gasteiger partial charge in [0.15, 0.2) is 6.29 Å². The topological polar surface area (TPSA) is 175 Å². The van der Waals surface area contributed by atoms with Crippen LogP contribution in [0, 0.1) is 0 Å². The van der Waals surface area contributed by atoms with Crippen LogP contribution in [0.15, 0.2) is 48.6 Å². The van der Waals surface area contributed by atoms with Gasteiger partial charge in [0.05, 0.1) is 32.0 Å². The molecule has 1 heterocycles. The highest BCUT2D eigenvalue weighted by atomic mass is 16.7. The second-order valence-electron chi connectivity index (χ2n) is 21.0. The van der Waals surface area contributed by atoms with Crippen molar-refractivity contribution in [2.45, 2.75) is 314 Å². The predicted molar refractivity (Wildman–Crippen MR) is 301 cm³/mol. The SMILES string of the molecule is CCCC/C=C\CCCCCCCC(=O)OCCCCCCCCCCC/C=C\C/C=C\CCCCCCCCCCCC(=O)NC(COC1OC(CO)C(O)C(O)C1O)C(O)/C=C/CCCCCCCCC. The fraction of sp³-hybridized carbons (Fsp3) is 0.839. The Labute approximate surface area is 446 Å². The van der Waals surface area contributed by atoms with Gasteiger partial charge in [0.2, 0.25) is 5.91 Å². The van der Waals surface area contributed by atoms with Crippen molar-refractivity contribution in [3.8, 4) is 0 Å². The number of esters is 1. The molecule has 1 amide bonds. The first-order valence-corrected chi connectivity index (χ1v) is 30.4. The third-order valence-corrected chi connectivity index (χ3v) is 14.2. The van der Waals surface area contributed by atoms with E-state index in [1.54, 1.807) is 6.08 Å². The molecular weight excluding hydrogens is 919 g/mol. The van der Waals surface area contributed by atoms with Gasteiger partial charge in [-0.1, -0.05) is 223 Å². The number of hydrogen-bond donors (Lipinski definition) is 6. The van der Waals surface area contributed by atoms with E-state index in [0.717, 1.165) is 83.5 Å². The van der Waals surface area contributed by atoms with Crippen LogP contribution in [-0.2, 0) is 23.8 Å². The largest absolute Gasteiger partial charge is 0.466 e. The smallest absolute Gasteiger partial charge is 0.305 e. The molecule has 1 aliphatic rings. The highest BCUT2D eigenvalue weighted by Crippen LogP contribution is 2.23. The van der Waals surface area contributed by atoms with E-state index in [1.165, 1.54) is 161 Å². The number of allylic oxidation sites excluding steroid dienone is 7. The third-order valence-electron chi connectivity index (χ3n) is 14.2. The van der Waals surface area contributed by atoms with E-state index < -0.39 is 49.5 Å². The van der Waals surface area contributed by atoms with Crippen LogP contribution in [0.4, 0.5) is 0 Å². The van der Waals surface area contributed by atoms with Gasteiger partial charge in [-0.15, -0.1) is 0 Å². The van der Waals surface area contributed by atoms with Gasteiger partial charge in [-0.2, -0.15) is 0 Å². The average Bonchev–Trinajstić information content (AvgIpc) is 3.39. The van der Waals surface area contributed by atoms with Crippen LogP contribution in [0.2, 0.25) is 0 Å². The quantitative estimate of drug-likeness (QED) is 0.0195. The lowest BCUT2D eigenvalue weighted by Gasteiger charge is -2.40. The molecule has 0 aliphatic carbocycles. The fourth-order valence-corrected chi connectivity index (χ4v) is 9.27. The number of aliphatic hydroxyl groups excluding tert-OH is 5. The summed E-state index contributed by atoms with van der Waals surface area (Å²) in [5.74, 6) is -0.204. The Morgan fingerprint density at radius 2 is 0.932 bits per heavy atom. The first-order valence-electron chi connectivity index (χ1n) is 30.4. The molecule has 1 rings (SSSR count). The minimum absolute atomic E-state index is 0.0134. The van der Waals surface area contributed by atoms with Gasteiger partial charge in [0.25, 0.3) is 0 Å². The zero-order valence-electron chi connectivity index (χ0n) is 46.8. The standard InChI is InChI=1S/C62H113NO10/c1-3-5-7-9-11-13-29-34-38-42-46-50-58(67)71-51-47-43-39-35-31-28-26-24-22-20-18-16-14-15-17-19-21-23-25-27-30-33-37-41-45-49-57(66)63-54(55(65)48-44-40-36-32-12-10-8-6-4-2)53-72-62-61(70)60(69)59(68)56(52-64)73-62/h9,11,15-18,44,48,54-56,59-62,64-65,68-70H,3-8,10,12-14,19-43,45-47,49-53H2,1-2H3,(H,63,66)/b11-9-,17-15-,18-16-,48-44+. The number of unbranched alkanes of at least 4 members (excludes halogenated alkanes) is 32. The van der Waals surface area contributed by atoms with E-state index in [2.05, 4.69) is 55.6 Å². The van der Waals surface area contributed by atoms with Gasteiger partial charge in [-0.05, 0) is 83.5 Å². The zero-order valence-corrected chi connectivity index (χ0v) is 46.8. The minimum Gasteiger partial charge on any atom is -0.466 e. The maximum atomic E-state index is 13.0. The number of aliphatic hydroxyl groups is 5. The fourth-order valence-electron chi connectivity index (χ4n) is 9.27. The third kappa shape index (κ3) is 41.5. The normalized spacial score (nSPS) is 19.2. The molecule has 0 aromatic heterocycles. The summed E-state index contributed by atoms with van der Waals surface area (Å²) in [6.45, 7) is 4.27. The molecular formula is C62H113NO10. The van der Waals surface area contributed by atoms with Crippen LogP contribution < -0.4 is 5.32 Å². The molecule has 1 aliphatic heterocycles. The molecule has 1 fully saturated rings. The van der Waals surface area contributed by atoms with Crippen LogP contribution in [0.5, 0.6) is 0 Å².